The van der Waals surface area contributed by atoms with Gasteiger partial charge in [-0.3, -0.25) is 14.5 Å². The molecule has 7 heteroatoms. The summed E-state index contributed by atoms with van der Waals surface area (Å²) in [6, 6.07) is 8.00. The second kappa shape index (κ2) is 9.22. The molecule has 7 nitrogen and oxygen atoms in total. The van der Waals surface area contributed by atoms with Crippen molar-refractivity contribution in [2.45, 2.75) is 52.1 Å². The molecule has 0 bridgehead atoms. The molecule has 1 saturated heterocycles. The predicted octanol–water partition coefficient (Wildman–Crippen LogP) is 2.70. The summed E-state index contributed by atoms with van der Waals surface area (Å²) in [5, 5.41) is 0. The number of aromatic amines is 1. The van der Waals surface area contributed by atoms with Crippen LogP contribution in [0.5, 0.6) is 5.75 Å². The van der Waals surface area contributed by atoms with Crippen LogP contribution in [0.25, 0.3) is 0 Å². The summed E-state index contributed by atoms with van der Waals surface area (Å²) in [6.45, 7) is 7.57. The maximum atomic E-state index is 12.9. The molecule has 31 heavy (non-hydrogen) atoms. The number of carbonyl (C=O) groups is 1. The Morgan fingerprint density at radius 1 is 1.32 bits per heavy atom. The predicted molar refractivity (Wildman–Crippen MR) is 119 cm³/mol. The molecule has 0 radical (unpaired) electrons. The Morgan fingerprint density at radius 3 is 2.90 bits per heavy atom. The van der Waals surface area contributed by atoms with Crippen molar-refractivity contribution in [2.75, 3.05) is 26.7 Å². The van der Waals surface area contributed by atoms with Gasteiger partial charge in [0.25, 0.3) is 5.56 Å². The summed E-state index contributed by atoms with van der Waals surface area (Å²) in [5.74, 6) is 1.97. The van der Waals surface area contributed by atoms with Crippen LogP contribution < -0.4 is 10.3 Å². The number of likely N-dealkylation sites (tertiary alicyclic amines) is 1. The number of aromatic nitrogens is 2. The van der Waals surface area contributed by atoms with Crippen molar-refractivity contribution < 1.29 is 9.53 Å². The Hall–Kier alpha value is -2.67. The van der Waals surface area contributed by atoms with Crippen LogP contribution in [0.4, 0.5) is 0 Å². The fraction of sp³-hybridized carbons (Fsp3) is 0.542. The van der Waals surface area contributed by atoms with Gasteiger partial charge in [-0.1, -0.05) is 32.0 Å². The number of rotatable bonds is 6. The van der Waals surface area contributed by atoms with E-state index < -0.39 is 0 Å². The molecule has 0 aliphatic carbocycles. The smallest absolute Gasteiger partial charge is 0.255 e. The first-order valence-electron chi connectivity index (χ1n) is 11.2. The highest BCUT2D eigenvalue weighted by Gasteiger charge is 2.32. The van der Waals surface area contributed by atoms with Gasteiger partial charge in [-0.25, -0.2) is 4.98 Å². The average molecular weight is 425 g/mol. The van der Waals surface area contributed by atoms with Crippen LogP contribution in [0.2, 0.25) is 0 Å². The van der Waals surface area contributed by atoms with E-state index in [0.717, 1.165) is 67.3 Å². The molecule has 1 N–H and O–H groups in total. The van der Waals surface area contributed by atoms with Gasteiger partial charge in [-0.15, -0.1) is 0 Å². The number of benzene rings is 1. The molecule has 1 aromatic heterocycles. The van der Waals surface area contributed by atoms with Crippen LogP contribution in [0.15, 0.2) is 29.1 Å². The highest BCUT2D eigenvalue weighted by molar-refractivity contribution is 5.78. The molecular formula is C24H32N4O3. The summed E-state index contributed by atoms with van der Waals surface area (Å²) >= 11 is 0. The fourth-order valence-corrected chi connectivity index (χ4v) is 4.57. The van der Waals surface area contributed by atoms with Crippen LogP contribution in [-0.2, 0) is 24.3 Å². The quantitative estimate of drug-likeness (QED) is 0.771. The lowest BCUT2D eigenvalue weighted by molar-refractivity contribution is -0.134. The van der Waals surface area contributed by atoms with E-state index in [0.29, 0.717) is 13.1 Å². The van der Waals surface area contributed by atoms with Crippen LogP contribution in [0.1, 0.15) is 55.3 Å². The second-order valence-electron chi connectivity index (χ2n) is 8.73. The number of nitrogens with one attached hydrogen (secondary N) is 1. The topological polar surface area (TPSA) is 78.5 Å². The van der Waals surface area contributed by atoms with E-state index in [-0.39, 0.29) is 23.3 Å². The van der Waals surface area contributed by atoms with Gasteiger partial charge in [-0.05, 0) is 18.9 Å². The summed E-state index contributed by atoms with van der Waals surface area (Å²) in [4.78, 5) is 37.5. The van der Waals surface area contributed by atoms with E-state index in [1.54, 1.807) is 7.11 Å². The Labute approximate surface area is 183 Å². The van der Waals surface area contributed by atoms with E-state index in [2.05, 4.69) is 16.0 Å². The number of ether oxygens (including phenoxy) is 1. The van der Waals surface area contributed by atoms with Gasteiger partial charge < -0.3 is 14.6 Å². The SMILES string of the molecule is CC[C@@H](C)C(=O)N1CC[C@H](c2nc3c(c(=O)[nH]2)CN(Cc2ccccc2OC)CC3)C1. The molecule has 2 aliphatic rings. The van der Waals surface area contributed by atoms with Crippen LogP contribution in [-0.4, -0.2) is 52.4 Å². The number of methoxy groups -OCH3 is 1. The van der Waals surface area contributed by atoms with Crippen molar-refractivity contribution in [1.82, 2.24) is 19.8 Å². The average Bonchev–Trinajstić information content (AvgIpc) is 3.29. The standard InChI is InChI=1S/C24H32N4O3/c1-4-16(2)24(30)28-12-9-18(14-28)22-25-20-10-11-27(15-19(20)23(29)26-22)13-17-7-5-6-8-21(17)31-3/h5-8,16,18H,4,9-15H2,1-3H3,(H,25,26,29)/t16-,18+/m1/s1. The summed E-state index contributed by atoms with van der Waals surface area (Å²) in [7, 11) is 1.68. The van der Waals surface area contributed by atoms with Crippen LogP contribution >= 0.6 is 0 Å². The Balaban J connectivity index is 1.47. The molecule has 0 spiro atoms. The van der Waals surface area contributed by atoms with Crippen molar-refractivity contribution in [3.63, 3.8) is 0 Å². The number of amides is 1. The summed E-state index contributed by atoms with van der Waals surface area (Å²) in [5.41, 5.74) is 2.74. The van der Waals surface area contributed by atoms with Crippen molar-refractivity contribution in [3.8, 4) is 5.75 Å². The molecule has 0 unspecified atom stereocenters. The summed E-state index contributed by atoms with van der Waals surface area (Å²) in [6.07, 6.45) is 2.45. The first-order valence-corrected chi connectivity index (χ1v) is 11.2. The zero-order valence-corrected chi connectivity index (χ0v) is 18.7. The molecule has 0 saturated carbocycles. The van der Waals surface area contributed by atoms with E-state index in [4.69, 9.17) is 9.72 Å². The largest absolute Gasteiger partial charge is 0.496 e. The fourth-order valence-electron chi connectivity index (χ4n) is 4.57. The van der Waals surface area contributed by atoms with Crippen molar-refractivity contribution in [1.29, 1.82) is 0 Å². The molecule has 4 rings (SSSR count). The lowest BCUT2D eigenvalue weighted by Crippen LogP contribution is -2.36. The molecular weight excluding hydrogens is 392 g/mol. The molecule has 166 valence electrons. The third-order valence-corrected chi connectivity index (χ3v) is 6.67. The highest BCUT2D eigenvalue weighted by Crippen LogP contribution is 2.27. The van der Waals surface area contributed by atoms with Gasteiger partial charge in [0.05, 0.1) is 18.4 Å². The Bertz CT molecular complexity index is 1000. The zero-order valence-electron chi connectivity index (χ0n) is 18.7. The van der Waals surface area contributed by atoms with Gasteiger partial charge in [0.1, 0.15) is 11.6 Å². The molecule has 1 aromatic carbocycles. The van der Waals surface area contributed by atoms with Gasteiger partial charge >= 0.3 is 0 Å². The van der Waals surface area contributed by atoms with E-state index in [1.165, 1.54) is 0 Å². The number of H-pyrrole nitrogens is 1. The number of hydrogen-bond donors (Lipinski definition) is 1. The van der Waals surface area contributed by atoms with Gasteiger partial charge in [-0.2, -0.15) is 0 Å². The molecule has 1 amide bonds. The zero-order chi connectivity index (χ0) is 22.0. The minimum absolute atomic E-state index is 0.0449. The first-order chi connectivity index (χ1) is 15.0. The highest BCUT2D eigenvalue weighted by atomic mass is 16.5. The number of para-hydroxylation sites is 1. The number of nitrogens with zero attached hydrogens (tertiary/aromatic N) is 3. The number of fused-ring (bicyclic) bond motifs is 1. The van der Waals surface area contributed by atoms with Gasteiger partial charge in [0, 0.05) is 56.5 Å². The molecule has 2 aliphatic heterocycles. The Morgan fingerprint density at radius 2 is 2.13 bits per heavy atom. The first kappa shape index (κ1) is 21.6. The van der Waals surface area contributed by atoms with Crippen molar-refractivity contribution in [3.05, 3.63) is 57.3 Å². The van der Waals surface area contributed by atoms with Crippen LogP contribution in [0, 0.1) is 5.92 Å². The Kier molecular flexibility index (Phi) is 6.41. The van der Waals surface area contributed by atoms with E-state index in [9.17, 15) is 9.59 Å². The van der Waals surface area contributed by atoms with Gasteiger partial charge in [0.15, 0.2) is 0 Å². The normalized spacial score (nSPS) is 19.8. The molecule has 1 fully saturated rings. The number of hydrogen-bond acceptors (Lipinski definition) is 5. The number of carbonyl (C=O) groups excluding carboxylic acids is 1. The van der Waals surface area contributed by atoms with Crippen molar-refractivity contribution in [2.24, 2.45) is 5.92 Å². The lowest BCUT2D eigenvalue weighted by Gasteiger charge is -2.28. The van der Waals surface area contributed by atoms with E-state index in [1.807, 2.05) is 36.9 Å². The maximum Gasteiger partial charge on any atom is 0.255 e. The van der Waals surface area contributed by atoms with Crippen molar-refractivity contribution >= 4 is 5.91 Å². The third kappa shape index (κ3) is 4.51. The molecule has 2 atom stereocenters. The monoisotopic (exact) mass is 424 g/mol. The second-order valence-corrected chi connectivity index (χ2v) is 8.73. The molecule has 2 aromatic rings. The molecule has 3 heterocycles. The van der Waals surface area contributed by atoms with Crippen LogP contribution in [0.3, 0.4) is 0 Å². The lowest BCUT2D eigenvalue weighted by atomic mass is 10.0. The third-order valence-electron chi connectivity index (χ3n) is 6.67. The maximum absolute atomic E-state index is 12.9. The van der Waals surface area contributed by atoms with Gasteiger partial charge in [0.2, 0.25) is 5.91 Å². The minimum atomic E-state index is -0.0450. The van der Waals surface area contributed by atoms with E-state index >= 15 is 0 Å². The summed E-state index contributed by atoms with van der Waals surface area (Å²) < 4.78 is 5.47. The minimum Gasteiger partial charge on any atom is -0.496 e.